The van der Waals surface area contributed by atoms with Crippen LogP contribution in [0.5, 0.6) is 18.0 Å². The summed E-state index contributed by atoms with van der Waals surface area (Å²) in [4.78, 5) is 12.2. The topological polar surface area (TPSA) is 86.6 Å². The van der Waals surface area contributed by atoms with Gasteiger partial charge < -0.3 is 19.3 Å². The van der Waals surface area contributed by atoms with Gasteiger partial charge in [-0.15, -0.1) is 15.0 Å². The van der Waals surface area contributed by atoms with Crippen molar-refractivity contribution in [3.63, 3.8) is 0 Å². The van der Waals surface area contributed by atoms with Crippen LogP contribution >= 0.6 is 0 Å². The van der Waals surface area contributed by atoms with E-state index in [1.165, 1.54) is 58.5 Å². The zero-order chi connectivity index (χ0) is 18.9. The van der Waals surface area contributed by atoms with Gasteiger partial charge in [0.2, 0.25) is 0 Å². The summed E-state index contributed by atoms with van der Waals surface area (Å²) >= 11 is 0. The SMILES string of the molecule is CCCCCCCCCCCCOc1nc(OC)nc(OCCCO)n1. The van der Waals surface area contributed by atoms with Gasteiger partial charge in [0, 0.05) is 13.0 Å². The van der Waals surface area contributed by atoms with Crippen LogP contribution < -0.4 is 14.2 Å². The number of rotatable bonds is 17. The van der Waals surface area contributed by atoms with Gasteiger partial charge in [-0.2, -0.15) is 0 Å². The van der Waals surface area contributed by atoms with E-state index < -0.39 is 0 Å². The molecule has 7 nitrogen and oxygen atoms in total. The molecule has 0 saturated carbocycles. The Bertz CT molecular complexity index is 460. The molecular formula is C19H35N3O4. The molecule has 0 aliphatic heterocycles. The monoisotopic (exact) mass is 369 g/mol. The highest BCUT2D eigenvalue weighted by Crippen LogP contribution is 2.15. The van der Waals surface area contributed by atoms with E-state index in [1.807, 2.05) is 0 Å². The summed E-state index contributed by atoms with van der Waals surface area (Å²) in [6.45, 7) is 3.21. The van der Waals surface area contributed by atoms with Crippen LogP contribution in [-0.2, 0) is 0 Å². The molecule has 0 saturated heterocycles. The first-order valence-electron chi connectivity index (χ1n) is 9.96. The molecule has 0 atom stereocenters. The predicted molar refractivity (Wildman–Crippen MR) is 101 cm³/mol. The zero-order valence-corrected chi connectivity index (χ0v) is 16.4. The van der Waals surface area contributed by atoms with Crippen LogP contribution in [0.1, 0.15) is 77.6 Å². The lowest BCUT2D eigenvalue weighted by atomic mass is 10.1. The number of nitrogens with zero attached hydrogens (tertiary/aromatic N) is 3. The Morgan fingerprint density at radius 3 is 1.62 bits per heavy atom. The Kier molecular flexibility index (Phi) is 13.5. The summed E-state index contributed by atoms with van der Waals surface area (Å²) in [6, 6.07) is 0.534. The fourth-order valence-electron chi connectivity index (χ4n) is 2.52. The van der Waals surface area contributed by atoms with Crippen molar-refractivity contribution in [2.45, 2.75) is 77.6 Å². The molecule has 0 aliphatic carbocycles. The van der Waals surface area contributed by atoms with Crippen LogP contribution in [0.25, 0.3) is 0 Å². The van der Waals surface area contributed by atoms with Gasteiger partial charge in [-0.3, -0.25) is 0 Å². The van der Waals surface area contributed by atoms with E-state index in [2.05, 4.69) is 21.9 Å². The van der Waals surface area contributed by atoms with Gasteiger partial charge in [0.1, 0.15) is 0 Å². The van der Waals surface area contributed by atoms with E-state index in [9.17, 15) is 0 Å². The molecule has 1 heterocycles. The quantitative estimate of drug-likeness (QED) is 0.416. The van der Waals surface area contributed by atoms with E-state index in [0.29, 0.717) is 19.6 Å². The molecule has 0 fully saturated rings. The van der Waals surface area contributed by atoms with E-state index in [0.717, 1.165) is 12.8 Å². The van der Waals surface area contributed by atoms with Crippen molar-refractivity contribution in [3.05, 3.63) is 0 Å². The van der Waals surface area contributed by atoms with Gasteiger partial charge in [-0.25, -0.2) is 0 Å². The maximum atomic E-state index is 8.79. The molecule has 1 rings (SSSR count). The number of aromatic nitrogens is 3. The molecule has 0 spiro atoms. The van der Waals surface area contributed by atoms with E-state index in [-0.39, 0.29) is 24.6 Å². The molecule has 7 heteroatoms. The number of unbranched alkanes of at least 4 members (excludes halogenated alkanes) is 9. The van der Waals surface area contributed by atoms with Gasteiger partial charge in [-0.05, 0) is 6.42 Å². The summed E-state index contributed by atoms with van der Waals surface area (Å²) in [5.41, 5.74) is 0. The first kappa shape index (κ1) is 22.4. The molecular weight excluding hydrogens is 334 g/mol. The normalized spacial score (nSPS) is 10.7. The highest BCUT2D eigenvalue weighted by molar-refractivity contribution is 5.08. The van der Waals surface area contributed by atoms with Crippen LogP contribution in [0.3, 0.4) is 0 Å². The molecule has 0 amide bonds. The van der Waals surface area contributed by atoms with E-state index >= 15 is 0 Å². The Labute approximate surface area is 157 Å². The van der Waals surface area contributed by atoms with Crippen LogP contribution in [0, 0.1) is 0 Å². The highest BCUT2D eigenvalue weighted by Gasteiger charge is 2.09. The number of aliphatic hydroxyl groups excluding tert-OH is 1. The van der Waals surface area contributed by atoms with E-state index in [4.69, 9.17) is 19.3 Å². The second-order valence-corrected chi connectivity index (χ2v) is 6.34. The third-order valence-corrected chi connectivity index (χ3v) is 4.02. The molecule has 0 radical (unpaired) electrons. The van der Waals surface area contributed by atoms with E-state index in [1.54, 1.807) is 0 Å². The molecule has 0 aliphatic rings. The predicted octanol–water partition coefficient (Wildman–Crippen LogP) is 3.94. The summed E-state index contributed by atoms with van der Waals surface area (Å²) in [7, 11) is 1.48. The van der Waals surface area contributed by atoms with Gasteiger partial charge in [0.25, 0.3) is 0 Å². The molecule has 1 aromatic heterocycles. The van der Waals surface area contributed by atoms with Gasteiger partial charge >= 0.3 is 18.0 Å². The third kappa shape index (κ3) is 11.1. The largest absolute Gasteiger partial charge is 0.467 e. The average molecular weight is 370 g/mol. The molecule has 1 N–H and O–H groups in total. The fourth-order valence-corrected chi connectivity index (χ4v) is 2.52. The Balaban J connectivity index is 2.14. The van der Waals surface area contributed by atoms with Crippen molar-refractivity contribution in [2.24, 2.45) is 0 Å². The van der Waals surface area contributed by atoms with Crippen molar-refractivity contribution < 1.29 is 19.3 Å². The van der Waals surface area contributed by atoms with Gasteiger partial charge in [-0.1, -0.05) is 64.7 Å². The molecule has 150 valence electrons. The summed E-state index contributed by atoms with van der Waals surface area (Å²) in [5, 5.41) is 8.79. The minimum atomic E-state index is 0.0598. The lowest BCUT2D eigenvalue weighted by molar-refractivity contribution is 0.213. The molecule has 0 unspecified atom stereocenters. The molecule has 0 bridgehead atoms. The minimum absolute atomic E-state index is 0.0598. The molecule has 26 heavy (non-hydrogen) atoms. The number of hydrogen-bond donors (Lipinski definition) is 1. The standard InChI is InChI=1S/C19H35N3O4/c1-3-4-5-6-7-8-9-10-11-12-15-25-18-20-17(24-2)21-19(22-18)26-16-13-14-23/h23H,3-16H2,1-2H3. The van der Waals surface area contributed by atoms with Crippen molar-refractivity contribution >= 4 is 0 Å². The second-order valence-electron chi connectivity index (χ2n) is 6.34. The maximum absolute atomic E-state index is 8.79. The number of ether oxygens (including phenoxy) is 3. The summed E-state index contributed by atoms with van der Waals surface area (Å²) in [5.74, 6) is 0. The first-order valence-corrected chi connectivity index (χ1v) is 9.96. The average Bonchev–Trinajstić information content (AvgIpc) is 2.66. The van der Waals surface area contributed by atoms with Crippen LogP contribution in [0.2, 0.25) is 0 Å². The van der Waals surface area contributed by atoms with Gasteiger partial charge in [0.15, 0.2) is 0 Å². The maximum Gasteiger partial charge on any atom is 0.325 e. The summed E-state index contributed by atoms with van der Waals surface area (Å²) < 4.78 is 16.0. The lowest BCUT2D eigenvalue weighted by Gasteiger charge is -2.08. The van der Waals surface area contributed by atoms with Crippen molar-refractivity contribution in [2.75, 3.05) is 26.9 Å². The molecule has 1 aromatic rings. The first-order chi connectivity index (χ1) is 12.8. The smallest absolute Gasteiger partial charge is 0.325 e. The zero-order valence-electron chi connectivity index (χ0n) is 16.4. The van der Waals surface area contributed by atoms with Crippen molar-refractivity contribution in [1.29, 1.82) is 0 Å². The number of aliphatic hydroxyl groups is 1. The van der Waals surface area contributed by atoms with Gasteiger partial charge in [0.05, 0.1) is 20.3 Å². The Morgan fingerprint density at radius 2 is 1.12 bits per heavy atom. The molecule has 0 aromatic carbocycles. The van der Waals surface area contributed by atoms with Crippen LogP contribution in [-0.4, -0.2) is 47.0 Å². The minimum Gasteiger partial charge on any atom is -0.467 e. The van der Waals surface area contributed by atoms with Crippen molar-refractivity contribution in [1.82, 2.24) is 15.0 Å². The fraction of sp³-hybridized carbons (Fsp3) is 0.842. The summed E-state index contributed by atoms with van der Waals surface area (Å²) in [6.07, 6.45) is 13.3. The second kappa shape index (κ2) is 15.6. The lowest BCUT2D eigenvalue weighted by Crippen LogP contribution is -2.08. The van der Waals surface area contributed by atoms with Crippen molar-refractivity contribution in [3.8, 4) is 18.0 Å². The number of methoxy groups -OCH3 is 1. The number of hydrogen-bond acceptors (Lipinski definition) is 7. The third-order valence-electron chi connectivity index (χ3n) is 4.02. The van der Waals surface area contributed by atoms with Crippen LogP contribution in [0.4, 0.5) is 0 Å². The Hall–Kier alpha value is -1.63. The highest BCUT2D eigenvalue weighted by atomic mass is 16.5. The van der Waals surface area contributed by atoms with Crippen LogP contribution in [0.15, 0.2) is 0 Å². The Morgan fingerprint density at radius 1 is 0.654 bits per heavy atom.